The van der Waals surface area contributed by atoms with Crippen molar-refractivity contribution in [1.82, 2.24) is 0 Å². The van der Waals surface area contributed by atoms with Crippen molar-refractivity contribution < 1.29 is 9.90 Å². The van der Waals surface area contributed by atoms with E-state index in [2.05, 4.69) is 5.10 Å². The third-order valence-corrected chi connectivity index (χ3v) is 4.16. The highest BCUT2D eigenvalue weighted by molar-refractivity contribution is 6.36. The van der Waals surface area contributed by atoms with Gasteiger partial charge in [0.15, 0.2) is 0 Å². The number of hydrogen-bond donors (Lipinski definition) is 1. The molecule has 3 rings (SSSR count). The molecule has 0 saturated carbocycles. The second kappa shape index (κ2) is 5.64. The van der Waals surface area contributed by atoms with Gasteiger partial charge in [0.2, 0.25) is 0 Å². The summed E-state index contributed by atoms with van der Waals surface area (Å²) in [5, 5.41) is 15.5. The average Bonchev–Trinajstić information content (AvgIpc) is 2.96. The van der Waals surface area contributed by atoms with Gasteiger partial charge in [-0.2, -0.15) is 5.10 Å². The number of hydrogen-bond acceptors (Lipinski definition) is 3. The molecule has 1 heterocycles. The Morgan fingerprint density at radius 1 is 1.14 bits per heavy atom. The number of aliphatic carboxylic acids is 1. The van der Waals surface area contributed by atoms with Gasteiger partial charge in [0.05, 0.1) is 11.7 Å². The van der Waals surface area contributed by atoms with Crippen molar-refractivity contribution in [2.45, 2.75) is 26.3 Å². The van der Waals surface area contributed by atoms with Crippen LogP contribution in [0, 0.1) is 13.8 Å². The summed E-state index contributed by atoms with van der Waals surface area (Å²) in [6.07, 6.45) is 0.409. The Morgan fingerprint density at radius 3 is 2.55 bits per heavy atom. The topological polar surface area (TPSA) is 52.9 Å². The number of nitrogens with zero attached hydrogens (tertiary/aromatic N) is 2. The summed E-state index contributed by atoms with van der Waals surface area (Å²) in [5.74, 6) is -0.950. The van der Waals surface area contributed by atoms with Crippen LogP contribution in [0.4, 0.5) is 5.69 Å². The van der Waals surface area contributed by atoms with Crippen molar-refractivity contribution in [3.05, 3.63) is 65.2 Å². The summed E-state index contributed by atoms with van der Waals surface area (Å²) < 4.78 is 0. The van der Waals surface area contributed by atoms with Gasteiger partial charge in [-0.25, -0.2) is 4.79 Å². The quantitative estimate of drug-likeness (QED) is 0.939. The maximum Gasteiger partial charge on any atom is 0.352 e. The molecule has 0 radical (unpaired) electrons. The van der Waals surface area contributed by atoms with E-state index in [0.29, 0.717) is 6.42 Å². The fourth-order valence-electron chi connectivity index (χ4n) is 2.78. The third kappa shape index (κ3) is 2.48. The van der Waals surface area contributed by atoms with E-state index in [4.69, 9.17) is 0 Å². The van der Waals surface area contributed by atoms with E-state index in [1.165, 1.54) is 5.56 Å². The minimum Gasteiger partial charge on any atom is -0.477 e. The van der Waals surface area contributed by atoms with Crippen LogP contribution in [0.25, 0.3) is 0 Å². The summed E-state index contributed by atoms with van der Waals surface area (Å²) in [6.45, 7) is 4.09. The van der Waals surface area contributed by atoms with Gasteiger partial charge < -0.3 is 5.11 Å². The number of rotatable bonds is 3. The largest absolute Gasteiger partial charge is 0.477 e. The van der Waals surface area contributed by atoms with Gasteiger partial charge in [-0.15, -0.1) is 0 Å². The van der Waals surface area contributed by atoms with E-state index in [1.54, 1.807) is 0 Å². The molecule has 0 fully saturated rings. The van der Waals surface area contributed by atoms with Crippen LogP contribution in [0.3, 0.4) is 0 Å². The summed E-state index contributed by atoms with van der Waals surface area (Å²) in [4.78, 5) is 11.3. The highest BCUT2D eigenvalue weighted by atomic mass is 16.4. The first-order valence-corrected chi connectivity index (χ1v) is 7.29. The Kier molecular flexibility index (Phi) is 3.67. The molecule has 112 valence electrons. The Labute approximate surface area is 129 Å². The van der Waals surface area contributed by atoms with Gasteiger partial charge in [-0.1, -0.05) is 42.5 Å². The molecule has 1 atom stereocenters. The summed E-state index contributed by atoms with van der Waals surface area (Å²) in [6, 6.07) is 15.9. The lowest BCUT2D eigenvalue weighted by Gasteiger charge is -2.26. The highest BCUT2D eigenvalue weighted by Gasteiger charge is 2.32. The Hall–Kier alpha value is -2.62. The van der Waals surface area contributed by atoms with E-state index in [-0.39, 0.29) is 11.8 Å². The van der Waals surface area contributed by atoms with Gasteiger partial charge in [0.1, 0.15) is 5.71 Å². The molecular formula is C18H18N2O2. The van der Waals surface area contributed by atoms with Gasteiger partial charge in [0, 0.05) is 6.42 Å². The molecule has 0 spiro atoms. The molecule has 4 heteroatoms. The minimum absolute atomic E-state index is 0.0761. The fraction of sp³-hybridized carbons (Fsp3) is 0.222. The molecule has 4 nitrogen and oxygen atoms in total. The zero-order valence-electron chi connectivity index (χ0n) is 12.7. The molecule has 0 aromatic heterocycles. The molecule has 0 saturated heterocycles. The van der Waals surface area contributed by atoms with Crippen LogP contribution in [0.15, 0.2) is 53.6 Å². The van der Waals surface area contributed by atoms with E-state index in [0.717, 1.165) is 16.8 Å². The molecule has 1 N–H and O–H groups in total. The lowest BCUT2D eigenvalue weighted by molar-refractivity contribution is -0.129. The predicted molar refractivity (Wildman–Crippen MR) is 87.3 cm³/mol. The standard InChI is InChI=1S/C18H18N2O2/c1-12-7-6-10-16(13(12)2)20-17(11-15(19-20)18(21)22)14-8-4-3-5-9-14/h3-10,17H,11H2,1-2H3,(H,21,22)/t17-/m0/s1. The van der Waals surface area contributed by atoms with E-state index in [1.807, 2.05) is 67.4 Å². The molecular weight excluding hydrogens is 276 g/mol. The van der Waals surface area contributed by atoms with Crippen LogP contribution in [-0.2, 0) is 4.79 Å². The maximum atomic E-state index is 11.3. The summed E-state index contributed by atoms with van der Waals surface area (Å²) >= 11 is 0. The van der Waals surface area contributed by atoms with E-state index in [9.17, 15) is 9.90 Å². The van der Waals surface area contributed by atoms with Crippen LogP contribution in [-0.4, -0.2) is 16.8 Å². The summed E-state index contributed by atoms with van der Waals surface area (Å²) in [7, 11) is 0. The zero-order chi connectivity index (χ0) is 15.7. The molecule has 1 aliphatic rings. The van der Waals surface area contributed by atoms with Crippen molar-refractivity contribution >= 4 is 17.4 Å². The molecule has 1 aliphatic heterocycles. The number of hydrazone groups is 1. The zero-order valence-corrected chi connectivity index (χ0v) is 12.7. The van der Waals surface area contributed by atoms with Crippen LogP contribution in [0.2, 0.25) is 0 Å². The first-order chi connectivity index (χ1) is 10.6. The van der Waals surface area contributed by atoms with Crippen molar-refractivity contribution in [2.24, 2.45) is 5.10 Å². The Balaban J connectivity index is 2.07. The van der Waals surface area contributed by atoms with Crippen molar-refractivity contribution in [2.75, 3.05) is 5.01 Å². The highest BCUT2D eigenvalue weighted by Crippen LogP contribution is 2.37. The average molecular weight is 294 g/mol. The molecule has 2 aromatic carbocycles. The number of carbonyl (C=O) groups is 1. The summed E-state index contributed by atoms with van der Waals surface area (Å²) in [5.41, 5.74) is 4.53. The van der Waals surface area contributed by atoms with Crippen LogP contribution in [0.1, 0.15) is 29.2 Å². The Bertz CT molecular complexity index is 738. The van der Waals surface area contributed by atoms with Gasteiger partial charge >= 0.3 is 5.97 Å². The second-order valence-electron chi connectivity index (χ2n) is 5.55. The second-order valence-corrected chi connectivity index (χ2v) is 5.55. The minimum atomic E-state index is -0.950. The van der Waals surface area contributed by atoms with Crippen LogP contribution in [0.5, 0.6) is 0 Å². The van der Waals surface area contributed by atoms with Crippen molar-refractivity contribution in [1.29, 1.82) is 0 Å². The lowest BCUT2D eigenvalue weighted by Crippen LogP contribution is -2.19. The number of carboxylic acid groups (broad SMARTS) is 1. The van der Waals surface area contributed by atoms with Gasteiger partial charge in [0.25, 0.3) is 0 Å². The molecule has 2 aromatic rings. The SMILES string of the molecule is Cc1cccc(N2N=C(C(=O)O)C[C@H]2c2ccccc2)c1C. The van der Waals surface area contributed by atoms with E-state index >= 15 is 0 Å². The smallest absolute Gasteiger partial charge is 0.352 e. The van der Waals surface area contributed by atoms with E-state index < -0.39 is 5.97 Å². The van der Waals surface area contributed by atoms with Gasteiger partial charge in [-0.05, 0) is 36.6 Å². The Morgan fingerprint density at radius 2 is 1.86 bits per heavy atom. The number of carboxylic acids is 1. The normalized spacial score (nSPS) is 17.5. The molecule has 0 aliphatic carbocycles. The number of aryl methyl sites for hydroxylation is 1. The first-order valence-electron chi connectivity index (χ1n) is 7.29. The van der Waals surface area contributed by atoms with Crippen LogP contribution >= 0.6 is 0 Å². The molecule has 0 bridgehead atoms. The van der Waals surface area contributed by atoms with Crippen molar-refractivity contribution in [3.63, 3.8) is 0 Å². The molecule has 22 heavy (non-hydrogen) atoms. The van der Waals surface area contributed by atoms with Crippen molar-refractivity contribution in [3.8, 4) is 0 Å². The number of benzene rings is 2. The first kappa shape index (κ1) is 14.3. The third-order valence-electron chi connectivity index (χ3n) is 4.16. The molecule has 0 unspecified atom stereocenters. The van der Waals surface area contributed by atoms with Gasteiger partial charge in [-0.3, -0.25) is 5.01 Å². The molecule has 0 amide bonds. The number of anilines is 1. The fourth-order valence-corrected chi connectivity index (χ4v) is 2.78. The predicted octanol–water partition coefficient (Wildman–Crippen LogP) is 3.70. The lowest BCUT2D eigenvalue weighted by atomic mass is 10.00. The maximum absolute atomic E-state index is 11.3. The van der Waals surface area contributed by atoms with Crippen LogP contribution < -0.4 is 5.01 Å². The monoisotopic (exact) mass is 294 g/mol.